The molecule has 0 saturated carbocycles. The standard InChI is InChI=1S/C19H16ClN3O6/c1-2-28-16-9-12(8-15-18(24)22-19(25)21-15)7-14(20)17(16)29-10-11-3-5-13(6-4-11)23(26)27/h3-9H,2,10H2,1H3,(H2,21,22,24,25)/b15-8+. The molecule has 1 saturated heterocycles. The number of halogens is 1. The van der Waals surface area contributed by atoms with E-state index in [2.05, 4.69) is 10.6 Å². The predicted octanol–water partition coefficient (Wildman–Crippen LogP) is 3.41. The molecular formula is C19H16ClN3O6. The number of ether oxygens (including phenoxy) is 2. The van der Waals surface area contributed by atoms with Gasteiger partial charge >= 0.3 is 6.03 Å². The molecule has 2 aromatic carbocycles. The fourth-order valence-electron chi connectivity index (χ4n) is 2.59. The van der Waals surface area contributed by atoms with Gasteiger partial charge in [-0.25, -0.2) is 4.79 Å². The summed E-state index contributed by atoms with van der Waals surface area (Å²) in [6.45, 7) is 2.27. The van der Waals surface area contributed by atoms with Gasteiger partial charge in [-0.15, -0.1) is 0 Å². The highest BCUT2D eigenvalue weighted by molar-refractivity contribution is 6.32. The first-order valence-corrected chi connectivity index (χ1v) is 8.91. The first kappa shape index (κ1) is 20.2. The lowest BCUT2D eigenvalue weighted by Crippen LogP contribution is -2.22. The van der Waals surface area contributed by atoms with Gasteiger partial charge in [0.1, 0.15) is 12.3 Å². The molecule has 0 radical (unpaired) electrons. The highest BCUT2D eigenvalue weighted by Gasteiger charge is 2.23. The Morgan fingerprint density at radius 3 is 2.45 bits per heavy atom. The van der Waals surface area contributed by atoms with E-state index < -0.39 is 16.9 Å². The molecule has 2 aromatic rings. The molecule has 1 heterocycles. The van der Waals surface area contributed by atoms with Crippen LogP contribution in [-0.4, -0.2) is 23.5 Å². The number of non-ortho nitro benzene ring substituents is 1. The minimum atomic E-state index is -0.597. The summed E-state index contributed by atoms with van der Waals surface area (Å²) < 4.78 is 11.4. The number of carbonyl (C=O) groups excluding carboxylic acids is 2. The minimum absolute atomic E-state index is 0.0118. The quantitative estimate of drug-likeness (QED) is 0.308. The zero-order chi connectivity index (χ0) is 21.0. The first-order chi connectivity index (χ1) is 13.9. The van der Waals surface area contributed by atoms with Crippen LogP contribution in [-0.2, 0) is 11.4 Å². The molecule has 150 valence electrons. The summed E-state index contributed by atoms with van der Waals surface area (Å²) >= 11 is 6.34. The largest absolute Gasteiger partial charge is 0.490 e. The van der Waals surface area contributed by atoms with Gasteiger partial charge in [-0.1, -0.05) is 11.6 Å². The van der Waals surface area contributed by atoms with Gasteiger partial charge in [-0.3, -0.25) is 20.2 Å². The van der Waals surface area contributed by atoms with Crippen molar-refractivity contribution in [1.29, 1.82) is 0 Å². The van der Waals surface area contributed by atoms with Gasteiger partial charge < -0.3 is 14.8 Å². The number of urea groups is 1. The number of nitrogens with zero attached hydrogens (tertiary/aromatic N) is 1. The van der Waals surface area contributed by atoms with E-state index in [4.69, 9.17) is 21.1 Å². The number of hydrogen-bond acceptors (Lipinski definition) is 6. The molecule has 0 atom stereocenters. The monoisotopic (exact) mass is 417 g/mol. The Morgan fingerprint density at radius 1 is 1.14 bits per heavy atom. The van der Waals surface area contributed by atoms with Gasteiger partial charge in [0.25, 0.3) is 11.6 Å². The molecule has 29 heavy (non-hydrogen) atoms. The molecule has 0 unspecified atom stereocenters. The summed E-state index contributed by atoms with van der Waals surface area (Å²) in [5.74, 6) is 0.120. The smallest absolute Gasteiger partial charge is 0.326 e. The molecule has 1 aliphatic heterocycles. The Hall–Kier alpha value is -3.59. The van der Waals surface area contributed by atoms with Crippen molar-refractivity contribution in [1.82, 2.24) is 10.6 Å². The van der Waals surface area contributed by atoms with Crippen molar-refractivity contribution in [3.05, 3.63) is 68.4 Å². The zero-order valence-corrected chi connectivity index (χ0v) is 16.0. The van der Waals surface area contributed by atoms with Crippen LogP contribution < -0.4 is 20.1 Å². The highest BCUT2D eigenvalue weighted by atomic mass is 35.5. The summed E-state index contributed by atoms with van der Waals surface area (Å²) in [6.07, 6.45) is 1.47. The molecule has 0 aliphatic carbocycles. The van der Waals surface area contributed by atoms with Crippen LogP contribution in [0.2, 0.25) is 5.02 Å². The number of benzene rings is 2. The van der Waals surface area contributed by atoms with E-state index in [1.807, 2.05) is 0 Å². The average molecular weight is 418 g/mol. The topological polar surface area (TPSA) is 120 Å². The van der Waals surface area contributed by atoms with Crippen LogP contribution >= 0.6 is 11.6 Å². The maximum absolute atomic E-state index is 11.7. The fourth-order valence-corrected chi connectivity index (χ4v) is 2.87. The number of carbonyl (C=O) groups is 2. The normalized spacial score (nSPS) is 14.5. The third kappa shape index (κ3) is 4.82. The Balaban J connectivity index is 1.82. The Bertz CT molecular complexity index is 1000. The van der Waals surface area contributed by atoms with Crippen molar-refractivity contribution in [3.8, 4) is 11.5 Å². The molecule has 2 N–H and O–H groups in total. The van der Waals surface area contributed by atoms with E-state index in [0.717, 1.165) is 0 Å². The van der Waals surface area contributed by atoms with Gasteiger partial charge in [0, 0.05) is 12.1 Å². The number of rotatable bonds is 7. The van der Waals surface area contributed by atoms with E-state index >= 15 is 0 Å². The second kappa shape index (κ2) is 8.61. The van der Waals surface area contributed by atoms with E-state index in [1.54, 1.807) is 31.2 Å². The number of hydrogen-bond donors (Lipinski definition) is 2. The number of amides is 3. The number of nitro groups is 1. The van der Waals surface area contributed by atoms with Crippen molar-refractivity contribution < 1.29 is 24.0 Å². The van der Waals surface area contributed by atoms with Crippen LogP contribution in [0.25, 0.3) is 6.08 Å². The van der Waals surface area contributed by atoms with E-state index in [-0.39, 0.29) is 23.0 Å². The summed E-state index contributed by atoms with van der Waals surface area (Å²) in [4.78, 5) is 33.2. The number of nitrogens with one attached hydrogen (secondary N) is 2. The van der Waals surface area contributed by atoms with Gasteiger partial charge in [0.05, 0.1) is 16.6 Å². The summed E-state index contributed by atoms with van der Waals surface area (Å²) in [5, 5.41) is 15.5. The molecule has 3 amide bonds. The third-order valence-corrected chi connectivity index (χ3v) is 4.17. The van der Waals surface area contributed by atoms with Crippen molar-refractivity contribution in [2.24, 2.45) is 0 Å². The average Bonchev–Trinajstić information content (AvgIpc) is 2.98. The highest BCUT2D eigenvalue weighted by Crippen LogP contribution is 2.38. The number of nitro benzene ring substituents is 1. The van der Waals surface area contributed by atoms with Crippen LogP contribution in [0.4, 0.5) is 10.5 Å². The molecule has 0 bridgehead atoms. The van der Waals surface area contributed by atoms with Gasteiger partial charge in [0.2, 0.25) is 0 Å². The maximum Gasteiger partial charge on any atom is 0.326 e. The first-order valence-electron chi connectivity index (χ1n) is 8.54. The fraction of sp³-hybridized carbons (Fsp3) is 0.158. The minimum Gasteiger partial charge on any atom is -0.490 e. The Kier molecular flexibility index (Phi) is 5.99. The van der Waals surface area contributed by atoms with E-state index in [9.17, 15) is 19.7 Å². The molecule has 1 fully saturated rings. The molecule has 10 heteroatoms. The maximum atomic E-state index is 11.7. The second-order valence-corrected chi connectivity index (χ2v) is 6.35. The van der Waals surface area contributed by atoms with Gasteiger partial charge in [-0.05, 0) is 48.4 Å². The van der Waals surface area contributed by atoms with Crippen LogP contribution in [0.15, 0.2) is 42.1 Å². The Labute approximate surface area is 170 Å². The third-order valence-electron chi connectivity index (χ3n) is 3.89. The molecule has 0 aromatic heterocycles. The van der Waals surface area contributed by atoms with Crippen molar-refractivity contribution in [3.63, 3.8) is 0 Å². The van der Waals surface area contributed by atoms with Crippen LogP contribution in [0, 0.1) is 10.1 Å². The van der Waals surface area contributed by atoms with Crippen LogP contribution in [0.1, 0.15) is 18.1 Å². The second-order valence-electron chi connectivity index (χ2n) is 5.94. The van der Waals surface area contributed by atoms with Crippen LogP contribution in [0.3, 0.4) is 0 Å². The summed E-state index contributed by atoms with van der Waals surface area (Å²) in [6, 6.07) is 8.56. The molecule has 1 aliphatic rings. The SMILES string of the molecule is CCOc1cc(/C=C2/NC(=O)NC2=O)cc(Cl)c1OCc1ccc([N+](=O)[O-])cc1. The van der Waals surface area contributed by atoms with Crippen molar-refractivity contribution >= 4 is 35.3 Å². The van der Waals surface area contributed by atoms with Crippen molar-refractivity contribution in [2.75, 3.05) is 6.61 Å². The summed E-state index contributed by atoms with van der Waals surface area (Å²) in [5.41, 5.74) is 1.33. The lowest BCUT2D eigenvalue weighted by Gasteiger charge is -2.14. The predicted molar refractivity (Wildman–Crippen MR) is 105 cm³/mol. The molecular weight excluding hydrogens is 402 g/mol. The van der Waals surface area contributed by atoms with E-state index in [1.165, 1.54) is 18.2 Å². The molecule has 0 spiro atoms. The molecule has 9 nitrogen and oxygen atoms in total. The summed E-state index contributed by atoms with van der Waals surface area (Å²) in [7, 11) is 0. The Morgan fingerprint density at radius 2 is 1.86 bits per heavy atom. The lowest BCUT2D eigenvalue weighted by atomic mass is 10.1. The van der Waals surface area contributed by atoms with Crippen LogP contribution in [0.5, 0.6) is 11.5 Å². The van der Waals surface area contributed by atoms with E-state index in [0.29, 0.717) is 29.2 Å². The van der Waals surface area contributed by atoms with Crippen molar-refractivity contribution in [2.45, 2.75) is 13.5 Å². The molecule has 3 rings (SSSR count). The van der Waals surface area contributed by atoms with Gasteiger partial charge in [0.15, 0.2) is 11.5 Å². The zero-order valence-electron chi connectivity index (χ0n) is 15.2. The lowest BCUT2D eigenvalue weighted by molar-refractivity contribution is -0.384. The van der Waals surface area contributed by atoms with Gasteiger partial charge in [-0.2, -0.15) is 0 Å². The number of imide groups is 1.